The van der Waals surface area contributed by atoms with Crippen LogP contribution in [-0.2, 0) is 9.59 Å². The second-order valence-corrected chi connectivity index (χ2v) is 8.58. The zero-order valence-electron chi connectivity index (χ0n) is 19.9. The van der Waals surface area contributed by atoms with Crippen LogP contribution >= 0.6 is 0 Å². The summed E-state index contributed by atoms with van der Waals surface area (Å²) in [4.78, 5) is 27.9. The molecule has 2 rings (SSSR count). The van der Waals surface area contributed by atoms with Gasteiger partial charge in [0.2, 0.25) is 11.8 Å². The second-order valence-electron chi connectivity index (χ2n) is 8.58. The number of carbonyl (C=O) groups excluding carboxylic acids is 2. The number of nitrogens with zero attached hydrogens (tertiary/aromatic N) is 1. The molecule has 2 atom stereocenters. The van der Waals surface area contributed by atoms with Gasteiger partial charge in [0.1, 0.15) is 17.0 Å². The van der Waals surface area contributed by atoms with Gasteiger partial charge in [-0.05, 0) is 37.5 Å². The van der Waals surface area contributed by atoms with Gasteiger partial charge in [-0.25, -0.2) is 0 Å². The highest BCUT2D eigenvalue weighted by molar-refractivity contribution is 5.99. The number of amides is 2. The third-order valence-corrected chi connectivity index (χ3v) is 6.16. The van der Waals surface area contributed by atoms with Crippen molar-refractivity contribution in [2.75, 3.05) is 33.1 Å². The number of carbonyl (C=O) groups is 2. The first-order chi connectivity index (χ1) is 14.7. The first-order valence-electron chi connectivity index (χ1n) is 10.9. The molecule has 0 radical (unpaired) electrons. The first kappa shape index (κ1) is 24.6. The summed E-state index contributed by atoms with van der Waals surface area (Å²) in [5.74, 6) is 1.09. The van der Waals surface area contributed by atoms with Crippen LogP contribution in [-0.4, -0.2) is 56.1 Å². The van der Waals surface area contributed by atoms with Crippen molar-refractivity contribution < 1.29 is 19.1 Å². The molecule has 0 saturated heterocycles. The van der Waals surface area contributed by atoms with Crippen molar-refractivity contribution in [1.29, 1.82) is 0 Å². The number of anilines is 1. The Bertz CT molecular complexity index is 821. The van der Waals surface area contributed by atoms with Crippen LogP contribution in [0.3, 0.4) is 0 Å². The maximum absolute atomic E-state index is 13.5. The third-order valence-electron chi connectivity index (χ3n) is 6.16. The van der Waals surface area contributed by atoms with Crippen LogP contribution in [0.2, 0.25) is 0 Å². The van der Waals surface area contributed by atoms with E-state index >= 15 is 0 Å². The number of ether oxygens (including phenoxy) is 2. The maximum atomic E-state index is 13.5. The van der Waals surface area contributed by atoms with E-state index in [4.69, 9.17) is 9.47 Å². The molecular formula is C24H37N3O4. The van der Waals surface area contributed by atoms with Crippen molar-refractivity contribution in [3.05, 3.63) is 23.8 Å². The minimum Gasteiger partial charge on any atom is -0.496 e. The molecule has 1 aliphatic rings. The molecule has 7 heteroatoms. The maximum Gasteiger partial charge on any atom is 0.247 e. The average molecular weight is 432 g/mol. The lowest BCUT2D eigenvalue weighted by molar-refractivity contribution is -0.141. The summed E-state index contributed by atoms with van der Waals surface area (Å²) in [5, 5.41) is 6.56. The molecular weight excluding hydrogens is 394 g/mol. The third kappa shape index (κ3) is 5.32. The lowest BCUT2D eigenvalue weighted by Crippen LogP contribution is -2.62. The Morgan fingerprint density at radius 3 is 2.45 bits per heavy atom. The molecule has 7 nitrogen and oxygen atoms in total. The first-order valence-corrected chi connectivity index (χ1v) is 10.9. The highest BCUT2D eigenvalue weighted by atomic mass is 16.5. The number of nitrogens with one attached hydrogen (secondary N) is 2. The topological polar surface area (TPSA) is 79.9 Å². The van der Waals surface area contributed by atoms with Crippen LogP contribution in [0.5, 0.6) is 11.5 Å². The van der Waals surface area contributed by atoms with Crippen LogP contribution in [0.4, 0.5) is 5.69 Å². The molecule has 0 bridgehead atoms. The Morgan fingerprint density at radius 2 is 1.87 bits per heavy atom. The Morgan fingerprint density at radius 1 is 1.23 bits per heavy atom. The zero-order valence-corrected chi connectivity index (χ0v) is 19.9. The normalized spacial score (nSPS) is 20.6. The molecule has 2 N–H and O–H groups in total. The van der Waals surface area contributed by atoms with Crippen molar-refractivity contribution in [2.45, 2.75) is 58.5 Å². The summed E-state index contributed by atoms with van der Waals surface area (Å²) in [6.45, 7) is 8.36. The summed E-state index contributed by atoms with van der Waals surface area (Å²) in [7, 11) is 4.83. The van der Waals surface area contributed by atoms with E-state index in [0.717, 1.165) is 19.3 Å². The van der Waals surface area contributed by atoms with Crippen LogP contribution in [0.15, 0.2) is 18.2 Å². The molecule has 0 aromatic heterocycles. The van der Waals surface area contributed by atoms with Gasteiger partial charge in [-0.3, -0.25) is 9.59 Å². The van der Waals surface area contributed by atoms with Crippen LogP contribution < -0.4 is 20.1 Å². The predicted molar refractivity (Wildman–Crippen MR) is 125 cm³/mol. The summed E-state index contributed by atoms with van der Waals surface area (Å²) in [6, 6.07) is 3.65. The van der Waals surface area contributed by atoms with E-state index in [9.17, 15) is 9.59 Å². The fraction of sp³-hybridized carbons (Fsp3) is 0.583. The van der Waals surface area contributed by atoms with Crippen molar-refractivity contribution in [2.24, 2.45) is 5.92 Å². The van der Waals surface area contributed by atoms with E-state index in [1.54, 1.807) is 46.4 Å². The van der Waals surface area contributed by atoms with Gasteiger partial charge in [-0.2, -0.15) is 0 Å². The Hall–Kier alpha value is -2.70. The number of hydrogen-bond acceptors (Lipinski definition) is 5. The number of unbranched alkanes of at least 4 members (excludes halogenated alkanes) is 1. The monoisotopic (exact) mass is 431 g/mol. The minimum absolute atomic E-state index is 0.0536. The number of rotatable bonds is 8. The standard InChI is InChI=1S/C24H37N3O4/c1-8-9-10-18(16(2)3)26-23(29)24(4)15-25-22-17(11-14-21(28)27(24)5)19(30-6)12-13-20(22)31-7/h11-14,16,18,25H,8-10,15H2,1-7H3,(H,26,29)/b14-11+. The molecule has 0 spiro atoms. The fourth-order valence-electron chi connectivity index (χ4n) is 3.72. The van der Waals surface area contributed by atoms with E-state index in [1.165, 1.54) is 11.0 Å². The SMILES string of the molecule is CCCCC(NC(=O)C1(C)CNc2c(OC)ccc(OC)c2/C=C/C(=O)N1C)C(C)C. The zero-order chi connectivity index (χ0) is 23.2. The summed E-state index contributed by atoms with van der Waals surface area (Å²) >= 11 is 0. The summed E-state index contributed by atoms with van der Waals surface area (Å²) in [5.41, 5.74) is 0.291. The Balaban J connectivity index is 2.43. The van der Waals surface area contributed by atoms with Gasteiger partial charge in [0.25, 0.3) is 0 Å². The number of benzene rings is 1. The van der Waals surface area contributed by atoms with Gasteiger partial charge in [0, 0.05) is 31.3 Å². The van der Waals surface area contributed by atoms with E-state index in [1.807, 2.05) is 0 Å². The van der Waals surface area contributed by atoms with E-state index < -0.39 is 5.54 Å². The molecule has 2 amide bonds. The summed E-state index contributed by atoms with van der Waals surface area (Å²) < 4.78 is 11.0. The molecule has 31 heavy (non-hydrogen) atoms. The smallest absolute Gasteiger partial charge is 0.247 e. The highest BCUT2D eigenvalue weighted by Crippen LogP contribution is 2.37. The van der Waals surface area contributed by atoms with Gasteiger partial charge in [-0.15, -0.1) is 0 Å². The molecule has 1 aliphatic heterocycles. The van der Waals surface area contributed by atoms with Crippen molar-refractivity contribution in [1.82, 2.24) is 10.2 Å². The number of hydrogen-bond donors (Lipinski definition) is 2. The van der Waals surface area contributed by atoms with Gasteiger partial charge in [0.05, 0.1) is 19.9 Å². The molecule has 1 aromatic carbocycles. The van der Waals surface area contributed by atoms with Gasteiger partial charge in [-0.1, -0.05) is 33.6 Å². The van der Waals surface area contributed by atoms with Gasteiger partial charge in [0.15, 0.2) is 0 Å². The van der Waals surface area contributed by atoms with E-state index in [0.29, 0.717) is 28.7 Å². The molecule has 0 saturated carbocycles. The summed E-state index contributed by atoms with van der Waals surface area (Å²) in [6.07, 6.45) is 6.19. The van der Waals surface area contributed by atoms with Gasteiger partial charge >= 0.3 is 0 Å². The van der Waals surface area contributed by atoms with Crippen LogP contribution in [0.25, 0.3) is 6.08 Å². The van der Waals surface area contributed by atoms with E-state index in [-0.39, 0.29) is 24.4 Å². The molecule has 1 heterocycles. The molecule has 1 aromatic rings. The predicted octanol–water partition coefficient (Wildman–Crippen LogP) is 3.69. The number of likely N-dealkylation sites (N-methyl/N-ethyl adjacent to an activating group) is 1. The molecule has 172 valence electrons. The highest BCUT2D eigenvalue weighted by Gasteiger charge is 2.41. The molecule has 0 fully saturated rings. The lowest BCUT2D eigenvalue weighted by atomic mass is 9.94. The van der Waals surface area contributed by atoms with Crippen molar-refractivity contribution in [3.8, 4) is 11.5 Å². The van der Waals surface area contributed by atoms with E-state index in [2.05, 4.69) is 31.4 Å². The van der Waals surface area contributed by atoms with Crippen LogP contribution in [0, 0.1) is 5.92 Å². The van der Waals surface area contributed by atoms with Crippen molar-refractivity contribution >= 4 is 23.6 Å². The quantitative estimate of drug-likeness (QED) is 0.656. The van der Waals surface area contributed by atoms with Crippen molar-refractivity contribution in [3.63, 3.8) is 0 Å². The fourth-order valence-corrected chi connectivity index (χ4v) is 3.72. The number of methoxy groups -OCH3 is 2. The second kappa shape index (κ2) is 10.6. The number of fused-ring (bicyclic) bond motifs is 1. The lowest BCUT2D eigenvalue weighted by Gasteiger charge is -2.39. The molecule has 2 unspecified atom stereocenters. The average Bonchev–Trinajstić information content (AvgIpc) is 2.80. The Kier molecular flexibility index (Phi) is 8.36. The van der Waals surface area contributed by atoms with Crippen LogP contribution in [0.1, 0.15) is 52.5 Å². The van der Waals surface area contributed by atoms with Gasteiger partial charge < -0.3 is 25.0 Å². The minimum atomic E-state index is -1.10. The molecule has 0 aliphatic carbocycles. The Labute approximate surface area is 186 Å². The largest absolute Gasteiger partial charge is 0.496 e.